The highest BCUT2D eigenvalue weighted by Crippen LogP contribution is 2.64. The van der Waals surface area contributed by atoms with Crippen molar-refractivity contribution in [3.63, 3.8) is 0 Å². The van der Waals surface area contributed by atoms with Gasteiger partial charge in [0.05, 0.1) is 5.41 Å². The van der Waals surface area contributed by atoms with Gasteiger partial charge >= 0.3 is 0 Å². The molecule has 1 heteroatoms. The summed E-state index contributed by atoms with van der Waals surface area (Å²) >= 11 is 0. The Labute approximate surface area is 353 Å². The lowest BCUT2D eigenvalue weighted by atomic mass is 9.55. The van der Waals surface area contributed by atoms with E-state index in [0.29, 0.717) is 0 Å². The highest BCUT2D eigenvalue weighted by atomic mass is 15.1. The molecular formula is C59H45N. The van der Waals surface area contributed by atoms with Crippen LogP contribution in [0, 0.1) is 0 Å². The van der Waals surface area contributed by atoms with Crippen LogP contribution in [0.25, 0.3) is 44.2 Å². The van der Waals surface area contributed by atoms with Gasteiger partial charge in [0.1, 0.15) is 0 Å². The molecule has 0 heterocycles. The van der Waals surface area contributed by atoms with Gasteiger partial charge in [-0.3, -0.25) is 0 Å². The summed E-state index contributed by atoms with van der Waals surface area (Å²) in [4.78, 5) is 2.50. The fraction of sp³-hybridized carbons (Fsp3) is 0.119. The second-order valence-corrected chi connectivity index (χ2v) is 18.1. The van der Waals surface area contributed by atoms with Crippen LogP contribution in [-0.2, 0) is 16.2 Å². The Morgan fingerprint density at radius 3 is 1.62 bits per heavy atom. The topological polar surface area (TPSA) is 3.24 Å². The molecule has 0 N–H and O–H groups in total. The van der Waals surface area contributed by atoms with Crippen molar-refractivity contribution in [1.82, 2.24) is 0 Å². The molecular weight excluding hydrogens is 723 g/mol. The molecule has 60 heavy (non-hydrogen) atoms. The second-order valence-electron chi connectivity index (χ2n) is 18.1. The third-order valence-corrected chi connectivity index (χ3v) is 14.3. The number of rotatable bonds is 4. The Hall–Kier alpha value is -6.96. The molecule has 3 aliphatic rings. The molecule has 1 atom stereocenters. The Bertz CT molecular complexity index is 3220. The molecule has 9 aromatic rings. The van der Waals surface area contributed by atoms with Crippen molar-refractivity contribution in [3.05, 3.63) is 245 Å². The third-order valence-electron chi connectivity index (χ3n) is 14.3. The number of hydrogen-bond acceptors (Lipinski definition) is 1. The van der Waals surface area contributed by atoms with E-state index in [9.17, 15) is 0 Å². The van der Waals surface area contributed by atoms with Crippen LogP contribution in [-0.4, -0.2) is 0 Å². The van der Waals surface area contributed by atoms with Crippen molar-refractivity contribution in [1.29, 1.82) is 0 Å². The Morgan fingerprint density at radius 2 is 0.817 bits per heavy atom. The molecule has 0 radical (unpaired) electrons. The number of hydrogen-bond donors (Lipinski definition) is 0. The zero-order chi connectivity index (χ0) is 40.4. The summed E-state index contributed by atoms with van der Waals surface area (Å²) in [5.41, 5.74) is 21.3. The van der Waals surface area contributed by atoms with Gasteiger partial charge in [-0.1, -0.05) is 191 Å². The lowest BCUT2D eigenvalue weighted by Crippen LogP contribution is -2.40. The van der Waals surface area contributed by atoms with Crippen LogP contribution >= 0.6 is 0 Å². The van der Waals surface area contributed by atoms with E-state index in [0.717, 1.165) is 17.1 Å². The van der Waals surface area contributed by atoms with Crippen LogP contribution in [0.1, 0.15) is 72.2 Å². The lowest BCUT2D eigenvalue weighted by molar-refractivity contribution is 0.563. The quantitative estimate of drug-likeness (QED) is 0.172. The first-order chi connectivity index (χ1) is 29.3. The van der Waals surface area contributed by atoms with Crippen LogP contribution in [0.15, 0.2) is 200 Å². The first-order valence-electron chi connectivity index (χ1n) is 21.3. The molecule has 286 valence electrons. The predicted octanol–water partition coefficient (Wildman–Crippen LogP) is 15.3. The van der Waals surface area contributed by atoms with Crippen LogP contribution in [0.3, 0.4) is 0 Å². The number of benzene rings is 9. The molecule has 3 aliphatic carbocycles. The summed E-state index contributed by atoms with van der Waals surface area (Å²) in [5.74, 6) is 0. The summed E-state index contributed by atoms with van der Waals surface area (Å²) in [6.07, 6.45) is 0. The zero-order valence-electron chi connectivity index (χ0n) is 34.5. The van der Waals surface area contributed by atoms with E-state index in [2.05, 4.69) is 233 Å². The van der Waals surface area contributed by atoms with E-state index >= 15 is 0 Å². The average molecular weight is 768 g/mol. The highest BCUT2D eigenvalue weighted by molar-refractivity contribution is 5.97. The maximum absolute atomic E-state index is 2.52. The van der Waals surface area contributed by atoms with Crippen LogP contribution in [0.4, 0.5) is 17.1 Å². The van der Waals surface area contributed by atoms with E-state index in [1.54, 1.807) is 0 Å². The molecule has 0 aliphatic heterocycles. The SMILES string of the molecule is CC1(C)c2ccccc2-c2ccc(N(c3ccc4c(c3)C(C)(C)c3ccccc3C43c4ccccc4-c4c(-c5ccccc5)cccc43)c3ccc4ccccc4c3)cc21. The Kier molecular flexibility index (Phi) is 7.31. The Balaban J connectivity index is 1.13. The molecule has 0 aromatic heterocycles. The van der Waals surface area contributed by atoms with Crippen molar-refractivity contribution in [2.45, 2.75) is 43.9 Å². The summed E-state index contributed by atoms with van der Waals surface area (Å²) in [7, 11) is 0. The van der Waals surface area contributed by atoms with E-state index in [4.69, 9.17) is 0 Å². The van der Waals surface area contributed by atoms with Gasteiger partial charge < -0.3 is 4.90 Å². The van der Waals surface area contributed by atoms with Gasteiger partial charge in [-0.25, -0.2) is 0 Å². The second kappa shape index (κ2) is 12.5. The van der Waals surface area contributed by atoms with Gasteiger partial charge in [-0.05, 0) is 125 Å². The van der Waals surface area contributed by atoms with Gasteiger partial charge in [0.25, 0.3) is 0 Å². The van der Waals surface area contributed by atoms with Gasteiger partial charge in [-0.15, -0.1) is 0 Å². The fourth-order valence-corrected chi connectivity index (χ4v) is 11.5. The van der Waals surface area contributed by atoms with Crippen LogP contribution < -0.4 is 4.90 Å². The maximum atomic E-state index is 2.52. The van der Waals surface area contributed by atoms with Gasteiger partial charge in [0.15, 0.2) is 0 Å². The molecule has 0 saturated heterocycles. The summed E-state index contributed by atoms with van der Waals surface area (Å²) < 4.78 is 0. The van der Waals surface area contributed by atoms with Crippen molar-refractivity contribution < 1.29 is 0 Å². The average Bonchev–Trinajstić information content (AvgIpc) is 3.72. The summed E-state index contributed by atoms with van der Waals surface area (Å²) in [6.45, 7) is 9.61. The van der Waals surface area contributed by atoms with E-state index in [1.807, 2.05) is 0 Å². The van der Waals surface area contributed by atoms with Gasteiger partial charge in [0, 0.05) is 27.9 Å². The molecule has 1 nitrogen and oxygen atoms in total. The largest absolute Gasteiger partial charge is 0.310 e. The van der Waals surface area contributed by atoms with Crippen molar-refractivity contribution >= 4 is 27.8 Å². The van der Waals surface area contributed by atoms with Crippen molar-refractivity contribution in [3.8, 4) is 33.4 Å². The number of nitrogens with zero attached hydrogens (tertiary/aromatic N) is 1. The molecule has 1 unspecified atom stereocenters. The Morgan fingerprint density at radius 1 is 0.300 bits per heavy atom. The summed E-state index contributed by atoms with van der Waals surface area (Å²) in [5, 5.41) is 2.47. The number of fused-ring (bicyclic) bond motifs is 13. The fourth-order valence-electron chi connectivity index (χ4n) is 11.5. The number of anilines is 3. The molecule has 1 spiro atoms. The smallest absolute Gasteiger partial charge is 0.0719 e. The maximum Gasteiger partial charge on any atom is 0.0719 e. The molecule has 0 bridgehead atoms. The minimum atomic E-state index is -0.492. The van der Waals surface area contributed by atoms with Gasteiger partial charge in [0.2, 0.25) is 0 Å². The first kappa shape index (κ1) is 35.0. The van der Waals surface area contributed by atoms with Crippen molar-refractivity contribution in [2.75, 3.05) is 4.90 Å². The molecule has 0 amide bonds. The molecule has 9 aromatic carbocycles. The van der Waals surface area contributed by atoms with E-state index in [-0.39, 0.29) is 10.8 Å². The molecule has 12 rings (SSSR count). The standard InChI is InChI=1S/C59H45N/c1-57(2)48-24-12-10-21-45(48)46-33-31-42(36-54(46)57)60(41-30-29-38-17-8-9-20-40(38)35-41)43-32-34-52-55(37-43)58(3,4)50-26-14-15-27-51(50)59(52)49-25-13-11-22-47(49)56-44(23-16-28-53(56)59)39-18-6-5-7-19-39/h5-37H,1-4H3. The third kappa shape index (κ3) is 4.64. The van der Waals surface area contributed by atoms with Gasteiger partial charge in [-0.2, -0.15) is 0 Å². The normalized spacial score (nSPS) is 17.0. The van der Waals surface area contributed by atoms with Crippen LogP contribution in [0.2, 0.25) is 0 Å². The minimum Gasteiger partial charge on any atom is -0.310 e. The highest BCUT2D eigenvalue weighted by Gasteiger charge is 2.54. The lowest BCUT2D eigenvalue weighted by Gasteiger charge is -2.47. The van der Waals surface area contributed by atoms with Crippen LogP contribution in [0.5, 0.6) is 0 Å². The molecule has 0 fully saturated rings. The summed E-state index contributed by atoms with van der Waals surface area (Å²) in [6, 6.07) is 75.5. The van der Waals surface area contributed by atoms with Crippen molar-refractivity contribution in [2.24, 2.45) is 0 Å². The predicted molar refractivity (Wildman–Crippen MR) is 251 cm³/mol. The first-order valence-corrected chi connectivity index (χ1v) is 21.3. The minimum absolute atomic E-state index is 0.118. The molecule has 0 saturated carbocycles. The van der Waals surface area contributed by atoms with E-state index in [1.165, 1.54) is 88.7 Å². The van der Waals surface area contributed by atoms with E-state index < -0.39 is 5.41 Å². The monoisotopic (exact) mass is 767 g/mol. The zero-order valence-corrected chi connectivity index (χ0v) is 34.5.